The number of hydrogen-bond acceptors (Lipinski definition) is 3. The van der Waals surface area contributed by atoms with E-state index in [0.29, 0.717) is 28.7 Å². The van der Waals surface area contributed by atoms with Crippen LogP contribution in [0.2, 0.25) is 10.0 Å². The molecule has 4 nitrogen and oxygen atoms in total. The fourth-order valence-electron chi connectivity index (χ4n) is 2.55. The van der Waals surface area contributed by atoms with E-state index in [1.807, 2.05) is 0 Å². The molecule has 1 saturated heterocycles. The van der Waals surface area contributed by atoms with E-state index < -0.39 is 0 Å². The van der Waals surface area contributed by atoms with E-state index >= 15 is 0 Å². The van der Waals surface area contributed by atoms with Crippen molar-refractivity contribution < 1.29 is 4.79 Å². The highest BCUT2D eigenvalue weighted by atomic mass is 35.5. The molecule has 1 unspecified atom stereocenters. The summed E-state index contributed by atoms with van der Waals surface area (Å²) >= 11 is 11.9. The number of likely N-dealkylation sites (tertiary alicyclic amines) is 1. The lowest BCUT2D eigenvalue weighted by molar-refractivity contribution is -0.121. The summed E-state index contributed by atoms with van der Waals surface area (Å²) in [5.74, 6) is -0.0785. The van der Waals surface area contributed by atoms with Gasteiger partial charge in [0.25, 0.3) is 0 Å². The smallest absolute Gasteiger partial charge is 0.228 e. The van der Waals surface area contributed by atoms with Crippen LogP contribution in [0.1, 0.15) is 19.3 Å². The molecule has 2 rings (SSSR count). The first-order valence-electron chi connectivity index (χ1n) is 6.95. The number of rotatable bonds is 4. The number of piperidine rings is 1. The van der Waals surface area contributed by atoms with Crippen molar-refractivity contribution in [3.05, 3.63) is 28.2 Å². The highest BCUT2D eigenvalue weighted by molar-refractivity contribution is 6.35. The maximum atomic E-state index is 12.3. The van der Waals surface area contributed by atoms with E-state index in [9.17, 15) is 4.79 Å². The maximum Gasteiger partial charge on any atom is 0.228 e. The van der Waals surface area contributed by atoms with Crippen LogP contribution in [0.5, 0.6) is 0 Å². The molecule has 1 heterocycles. The van der Waals surface area contributed by atoms with E-state index in [2.05, 4.69) is 16.3 Å². The first-order valence-corrected chi connectivity index (χ1v) is 7.70. The molecular weight excluding hydrogens is 309 g/mol. The molecule has 0 spiro atoms. The number of benzene rings is 1. The van der Waals surface area contributed by atoms with Crippen LogP contribution in [-0.2, 0) is 4.79 Å². The summed E-state index contributed by atoms with van der Waals surface area (Å²) in [6, 6.07) is 7.13. The Morgan fingerprint density at radius 3 is 2.76 bits per heavy atom. The minimum atomic E-state index is -0.0600. The average molecular weight is 326 g/mol. The Hall–Kier alpha value is -1.28. The van der Waals surface area contributed by atoms with Crippen molar-refractivity contribution in [1.29, 1.82) is 5.26 Å². The second-order valence-corrected chi connectivity index (χ2v) is 6.07. The monoisotopic (exact) mass is 325 g/mol. The van der Waals surface area contributed by atoms with E-state index in [-0.39, 0.29) is 11.8 Å². The van der Waals surface area contributed by atoms with Gasteiger partial charge in [0.15, 0.2) is 0 Å². The van der Waals surface area contributed by atoms with Crippen molar-refractivity contribution in [2.24, 2.45) is 5.92 Å². The van der Waals surface area contributed by atoms with E-state index in [1.54, 1.807) is 18.2 Å². The summed E-state index contributed by atoms with van der Waals surface area (Å²) in [5, 5.41) is 12.5. The number of anilines is 1. The quantitative estimate of drug-likeness (QED) is 0.920. The molecule has 1 aliphatic rings. The summed E-state index contributed by atoms with van der Waals surface area (Å²) in [7, 11) is 0. The summed E-state index contributed by atoms with van der Waals surface area (Å²) in [5.41, 5.74) is 0.617. The summed E-state index contributed by atoms with van der Waals surface area (Å²) < 4.78 is 0. The molecule has 6 heteroatoms. The van der Waals surface area contributed by atoms with Gasteiger partial charge in [0.05, 0.1) is 12.0 Å². The Bertz CT molecular complexity index is 536. The normalized spacial score (nSPS) is 19.0. The van der Waals surface area contributed by atoms with Crippen LogP contribution in [0.15, 0.2) is 18.2 Å². The third-order valence-electron chi connectivity index (χ3n) is 3.55. The Labute approximate surface area is 134 Å². The first-order chi connectivity index (χ1) is 10.1. The van der Waals surface area contributed by atoms with Crippen LogP contribution in [0.3, 0.4) is 0 Å². The Balaban J connectivity index is 1.94. The predicted octanol–water partition coefficient (Wildman–Crippen LogP) is 3.56. The van der Waals surface area contributed by atoms with Crippen molar-refractivity contribution >= 4 is 34.8 Å². The largest absolute Gasteiger partial charge is 0.326 e. The zero-order valence-electron chi connectivity index (χ0n) is 11.6. The third-order valence-corrected chi connectivity index (χ3v) is 3.98. The SMILES string of the molecule is N#CCCN1CCCC(C(=O)Nc2cc(Cl)cc(Cl)c2)C1. The minimum absolute atomic E-state index is 0.0185. The molecule has 1 fully saturated rings. The lowest BCUT2D eigenvalue weighted by atomic mass is 9.97. The fourth-order valence-corrected chi connectivity index (χ4v) is 3.08. The highest BCUT2D eigenvalue weighted by Gasteiger charge is 2.25. The van der Waals surface area contributed by atoms with E-state index in [0.717, 1.165) is 25.9 Å². The zero-order valence-corrected chi connectivity index (χ0v) is 13.1. The van der Waals surface area contributed by atoms with Gasteiger partial charge in [0.2, 0.25) is 5.91 Å². The first kappa shape index (κ1) is 16.1. The van der Waals surface area contributed by atoms with Crippen molar-refractivity contribution in [3.8, 4) is 6.07 Å². The third kappa shape index (κ3) is 4.89. The standard InChI is InChI=1S/C15H17Cl2N3O/c16-12-7-13(17)9-14(8-12)19-15(21)11-3-1-5-20(10-11)6-2-4-18/h7-9,11H,1-3,5-6,10H2,(H,19,21). The van der Waals surface area contributed by atoms with Gasteiger partial charge < -0.3 is 10.2 Å². The Morgan fingerprint density at radius 1 is 1.38 bits per heavy atom. The van der Waals surface area contributed by atoms with E-state index in [1.165, 1.54) is 0 Å². The molecule has 112 valence electrons. The predicted molar refractivity (Wildman–Crippen MR) is 84.5 cm³/mol. The number of nitrogens with one attached hydrogen (secondary N) is 1. The van der Waals surface area contributed by atoms with Gasteiger partial charge in [0.1, 0.15) is 0 Å². The zero-order chi connectivity index (χ0) is 15.2. The fraction of sp³-hybridized carbons (Fsp3) is 0.467. The molecule has 1 aliphatic heterocycles. The molecule has 1 aromatic carbocycles. The van der Waals surface area contributed by atoms with Crippen LogP contribution in [0, 0.1) is 17.2 Å². The minimum Gasteiger partial charge on any atom is -0.326 e. The van der Waals surface area contributed by atoms with Gasteiger partial charge in [-0.05, 0) is 37.6 Å². The molecule has 0 radical (unpaired) electrons. The second-order valence-electron chi connectivity index (χ2n) is 5.20. The lowest BCUT2D eigenvalue weighted by Crippen LogP contribution is -2.41. The molecule has 21 heavy (non-hydrogen) atoms. The summed E-state index contributed by atoms with van der Waals surface area (Å²) in [6.07, 6.45) is 2.33. The number of nitrogens with zero attached hydrogens (tertiary/aromatic N) is 2. The van der Waals surface area contributed by atoms with Crippen LogP contribution in [0.25, 0.3) is 0 Å². The number of carbonyl (C=O) groups excluding carboxylic acids is 1. The van der Waals surface area contributed by atoms with Crippen molar-refractivity contribution in [2.45, 2.75) is 19.3 Å². The molecule has 1 atom stereocenters. The van der Waals surface area contributed by atoms with Crippen molar-refractivity contribution in [3.63, 3.8) is 0 Å². The Morgan fingerprint density at radius 2 is 2.10 bits per heavy atom. The molecule has 0 bridgehead atoms. The van der Waals surface area contributed by atoms with Crippen LogP contribution < -0.4 is 5.32 Å². The van der Waals surface area contributed by atoms with Crippen LogP contribution in [-0.4, -0.2) is 30.4 Å². The van der Waals surface area contributed by atoms with Crippen molar-refractivity contribution in [1.82, 2.24) is 4.90 Å². The molecule has 0 saturated carbocycles. The summed E-state index contributed by atoms with van der Waals surface area (Å²) in [6.45, 7) is 2.37. The van der Waals surface area contributed by atoms with Gasteiger partial charge in [0, 0.05) is 35.2 Å². The molecule has 0 aromatic heterocycles. The number of halogens is 2. The number of carbonyl (C=O) groups is 1. The van der Waals surface area contributed by atoms with Crippen LogP contribution in [0.4, 0.5) is 5.69 Å². The molecule has 1 amide bonds. The highest BCUT2D eigenvalue weighted by Crippen LogP contribution is 2.24. The number of amides is 1. The molecule has 0 aliphatic carbocycles. The van der Waals surface area contributed by atoms with Gasteiger partial charge >= 0.3 is 0 Å². The van der Waals surface area contributed by atoms with Gasteiger partial charge in [-0.25, -0.2) is 0 Å². The van der Waals surface area contributed by atoms with Gasteiger partial charge in [-0.3, -0.25) is 4.79 Å². The number of hydrogen-bond donors (Lipinski definition) is 1. The van der Waals surface area contributed by atoms with Crippen LogP contribution >= 0.6 is 23.2 Å². The summed E-state index contributed by atoms with van der Waals surface area (Å²) in [4.78, 5) is 14.5. The lowest BCUT2D eigenvalue weighted by Gasteiger charge is -2.31. The van der Waals surface area contributed by atoms with Gasteiger partial charge in [-0.15, -0.1) is 0 Å². The molecule has 1 N–H and O–H groups in total. The van der Waals surface area contributed by atoms with Crippen molar-refractivity contribution in [2.75, 3.05) is 25.0 Å². The average Bonchev–Trinajstić information content (AvgIpc) is 2.44. The topological polar surface area (TPSA) is 56.1 Å². The number of nitriles is 1. The van der Waals surface area contributed by atoms with Gasteiger partial charge in [-0.2, -0.15) is 5.26 Å². The molecule has 1 aromatic rings. The maximum absolute atomic E-state index is 12.3. The Kier molecular flexibility index (Phi) is 5.86. The second kappa shape index (κ2) is 7.65. The van der Waals surface area contributed by atoms with Gasteiger partial charge in [-0.1, -0.05) is 23.2 Å². The molecular formula is C15H17Cl2N3O. The van der Waals surface area contributed by atoms with E-state index in [4.69, 9.17) is 28.5 Å².